The summed E-state index contributed by atoms with van der Waals surface area (Å²) in [6.07, 6.45) is 4.27. The van der Waals surface area contributed by atoms with Crippen LogP contribution < -0.4 is 10.1 Å². The van der Waals surface area contributed by atoms with Crippen molar-refractivity contribution in [2.75, 3.05) is 19.7 Å². The molecule has 3 rings (SSSR count). The number of morpholine rings is 1. The van der Waals surface area contributed by atoms with Crippen LogP contribution in [-0.2, 0) is 4.74 Å². The van der Waals surface area contributed by atoms with Gasteiger partial charge in [0.15, 0.2) is 17.3 Å². The van der Waals surface area contributed by atoms with Crippen molar-refractivity contribution < 1.29 is 13.9 Å². The molecule has 0 bridgehead atoms. The first-order valence-electron chi connectivity index (χ1n) is 6.37. The molecule has 5 nitrogen and oxygen atoms in total. The van der Waals surface area contributed by atoms with Crippen molar-refractivity contribution >= 4 is 0 Å². The van der Waals surface area contributed by atoms with Crippen LogP contribution in [-0.4, -0.2) is 29.7 Å². The minimum absolute atomic E-state index is 0.0845. The van der Waals surface area contributed by atoms with Gasteiger partial charge in [-0.3, -0.25) is 0 Å². The topological polar surface area (TPSA) is 56.3 Å². The third-order valence-electron chi connectivity index (χ3n) is 3.02. The smallest absolute Gasteiger partial charge is 0.165 e. The van der Waals surface area contributed by atoms with E-state index in [-0.39, 0.29) is 11.9 Å². The van der Waals surface area contributed by atoms with Gasteiger partial charge in [0.1, 0.15) is 6.33 Å². The molecule has 1 atom stereocenters. The van der Waals surface area contributed by atoms with Crippen molar-refractivity contribution in [1.82, 2.24) is 15.3 Å². The predicted molar refractivity (Wildman–Crippen MR) is 70.1 cm³/mol. The fourth-order valence-corrected chi connectivity index (χ4v) is 2.04. The molecule has 1 aliphatic heterocycles. The first kappa shape index (κ1) is 13.0. The summed E-state index contributed by atoms with van der Waals surface area (Å²) in [7, 11) is 0. The number of nitrogens with one attached hydrogen (secondary N) is 1. The van der Waals surface area contributed by atoms with Crippen molar-refractivity contribution in [2.24, 2.45) is 0 Å². The highest BCUT2D eigenvalue weighted by Crippen LogP contribution is 2.28. The predicted octanol–water partition coefficient (Wildman–Crippen LogP) is 2.07. The molecule has 1 aromatic carbocycles. The number of ether oxygens (including phenoxy) is 2. The molecule has 20 heavy (non-hydrogen) atoms. The normalized spacial score (nSPS) is 18.8. The van der Waals surface area contributed by atoms with Crippen LogP contribution in [0.2, 0.25) is 0 Å². The van der Waals surface area contributed by atoms with Crippen LogP contribution in [0.5, 0.6) is 11.5 Å². The molecule has 2 heterocycles. The molecule has 104 valence electrons. The van der Waals surface area contributed by atoms with E-state index in [1.165, 1.54) is 24.8 Å². The van der Waals surface area contributed by atoms with Gasteiger partial charge in [0.25, 0.3) is 0 Å². The summed E-state index contributed by atoms with van der Waals surface area (Å²) >= 11 is 0. The minimum Gasteiger partial charge on any atom is -0.451 e. The second-order valence-corrected chi connectivity index (χ2v) is 4.43. The zero-order chi connectivity index (χ0) is 13.8. The van der Waals surface area contributed by atoms with E-state index in [2.05, 4.69) is 15.3 Å². The summed E-state index contributed by atoms with van der Waals surface area (Å²) in [5, 5.41) is 3.24. The van der Waals surface area contributed by atoms with E-state index >= 15 is 0 Å². The van der Waals surface area contributed by atoms with E-state index < -0.39 is 5.82 Å². The molecule has 6 heteroatoms. The Hall–Kier alpha value is -2.05. The Morgan fingerprint density at radius 1 is 1.30 bits per heavy atom. The van der Waals surface area contributed by atoms with Crippen molar-refractivity contribution in [1.29, 1.82) is 0 Å². The Morgan fingerprint density at radius 2 is 2.15 bits per heavy atom. The molecule has 1 saturated heterocycles. The van der Waals surface area contributed by atoms with E-state index in [1.54, 1.807) is 12.1 Å². The summed E-state index contributed by atoms with van der Waals surface area (Å²) in [4.78, 5) is 7.66. The first-order chi connectivity index (χ1) is 9.83. The SMILES string of the molecule is Fc1ccc([C@H]2CNCCO2)cc1Oc1cncnc1. The number of hydrogen-bond acceptors (Lipinski definition) is 5. The molecule has 0 radical (unpaired) electrons. The number of aromatic nitrogens is 2. The zero-order valence-electron chi connectivity index (χ0n) is 10.8. The fourth-order valence-electron chi connectivity index (χ4n) is 2.04. The van der Waals surface area contributed by atoms with Crippen LogP contribution >= 0.6 is 0 Å². The maximum Gasteiger partial charge on any atom is 0.165 e. The highest BCUT2D eigenvalue weighted by atomic mass is 19.1. The van der Waals surface area contributed by atoms with Crippen molar-refractivity contribution in [3.8, 4) is 11.5 Å². The number of nitrogens with zero attached hydrogens (tertiary/aromatic N) is 2. The Kier molecular flexibility index (Phi) is 3.85. The highest BCUT2D eigenvalue weighted by molar-refractivity contribution is 5.35. The maximum absolute atomic E-state index is 13.8. The molecule has 1 N–H and O–H groups in total. The molecule has 0 spiro atoms. The average molecular weight is 275 g/mol. The van der Waals surface area contributed by atoms with E-state index in [4.69, 9.17) is 9.47 Å². The molecular formula is C14H14FN3O2. The van der Waals surface area contributed by atoms with E-state index in [9.17, 15) is 4.39 Å². The van der Waals surface area contributed by atoms with Crippen LogP contribution in [0.15, 0.2) is 36.9 Å². The highest BCUT2D eigenvalue weighted by Gasteiger charge is 2.17. The quantitative estimate of drug-likeness (QED) is 0.929. The van der Waals surface area contributed by atoms with Gasteiger partial charge < -0.3 is 14.8 Å². The third-order valence-corrected chi connectivity index (χ3v) is 3.02. The second-order valence-electron chi connectivity index (χ2n) is 4.43. The van der Waals surface area contributed by atoms with Gasteiger partial charge in [-0.15, -0.1) is 0 Å². The monoisotopic (exact) mass is 275 g/mol. The minimum atomic E-state index is -0.429. The molecule has 0 saturated carbocycles. The van der Waals surface area contributed by atoms with Gasteiger partial charge in [-0.2, -0.15) is 0 Å². The second kappa shape index (κ2) is 5.94. The van der Waals surface area contributed by atoms with Crippen LogP contribution in [0.1, 0.15) is 11.7 Å². The lowest BCUT2D eigenvalue weighted by molar-refractivity contribution is 0.0275. The Labute approximate surface area is 115 Å². The lowest BCUT2D eigenvalue weighted by Crippen LogP contribution is -2.33. The fraction of sp³-hybridized carbons (Fsp3) is 0.286. The molecule has 0 amide bonds. The molecule has 2 aromatic rings. The van der Waals surface area contributed by atoms with Gasteiger partial charge in [-0.05, 0) is 17.7 Å². The van der Waals surface area contributed by atoms with Crippen molar-refractivity contribution in [2.45, 2.75) is 6.10 Å². The molecule has 1 fully saturated rings. The van der Waals surface area contributed by atoms with Crippen molar-refractivity contribution in [3.63, 3.8) is 0 Å². The first-order valence-corrected chi connectivity index (χ1v) is 6.37. The number of hydrogen-bond donors (Lipinski definition) is 1. The van der Waals surface area contributed by atoms with Gasteiger partial charge in [0, 0.05) is 13.1 Å². The summed E-state index contributed by atoms with van der Waals surface area (Å²) in [5.41, 5.74) is 0.880. The van der Waals surface area contributed by atoms with Crippen LogP contribution in [0.4, 0.5) is 4.39 Å². The molecule has 0 aliphatic carbocycles. The Morgan fingerprint density at radius 3 is 2.90 bits per heavy atom. The maximum atomic E-state index is 13.8. The number of benzene rings is 1. The average Bonchev–Trinajstić information content (AvgIpc) is 2.51. The largest absolute Gasteiger partial charge is 0.451 e. The lowest BCUT2D eigenvalue weighted by Gasteiger charge is -2.24. The third kappa shape index (κ3) is 2.92. The summed E-state index contributed by atoms with van der Waals surface area (Å²) < 4.78 is 24.9. The molecule has 1 aromatic heterocycles. The zero-order valence-corrected chi connectivity index (χ0v) is 10.8. The van der Waals surface area contributed by atoms with Gasteiger partial charge in [0.2, 0.25) is 0 Å². The molecular weight excluding hydrogens is 261 g/mol. The van der Waals surface area contributed by atoms with E-state index in [0.717, 1.165) is 12.1 Å². The lowest BCUT2D eigenvalue weighted by atomic mass is 10.1. The Balaban J connectivity index is 1.83. The van der Waals surface area contributed by atoms with Gasteiger partial charge in [-0.1, -0.05) is 6.07 Å². The van der Waals surface area contributed by atoms with Crippen LogP contribution in [0.25, 0.3) is 0 Å². The van der Waals surface area contributed by atoms with E-state index in [0.29, 0.717) is 18.9 Å². The van der Waals surface area contributed by atoms with Crippen LogP contribution in [0, 0.1) is 5.82 Å². The standard InChI is InChI=1S/C14H14FN3O2/c15-12-2-1-10(14-8-16-3-4-19-14)5-13(12)20-11-6-17-9-18-7-11/h1-2,5-7,9,14,16H,3-4,8H2/t14-/m1/s1. The van der Waals surface area contributed by atoms with Gasteiger partial charge in [0.05, 0.1) is 25.1 Å². The Bertz CT molecular complexity index is 574. The van der Waals surface area contributed by atoms with Crippen LogP contribution in [0.3, 0.4) is 0 Å². The summed E-state index contributed by atoms with van der Waals surface area (Å²) in [5.74, 6) is 0.110. The molecule has 1 aliphatic rings. The number of halogens is 1. The number of rotatable bonds is 3. The summed E-state index contributed by atoms with van der Waals surface area (Å²) in [6, 6.07) is 4.74. The molecule has 0 unspecified atom stereocenters. The summed E-state index contributed by atoms with van der Waals surface area (Å²) in [6.45, 7) is 2.19. The van der Waals surface area contributed by atoms with Gasteiger partial charge >= 0.3 is 0 Å². The van der Waals surface area contributed by atoms with Crippen molar-refractivity contribution in [3.05, 3.63) is 48.3 Å². The van der Waals surface area contributed by atoms with Gasteiger partial charge in [-0.25, -0.2) is 14.4 Å². The van der Waals surface area contributed by atoms with E-state index in [1.807, 2.05) is 0 Å².